The number of ether oxygens (including phenoxy) is 1. The fraction of sp³-hybridized carbons (Fsp3) is 0.500. The topological polar surface area (TPSA) is 56.5 Å². The van der Waals surface area contributed by atoms with Gasteiger partial charge in [0, 0.05) is 18.3 Å². The van der Waals surface area contributed by atoms with Crippen LogP contribution in [0.1, 0.15) is 36.2 Å². The highest BCUT2D eigenvalue weighted by Crippen LogP contribution is 2.37. The summed E-state index contributed by atoms with van der Waals surface area (Å²) in [5, 5.41) is 0. The number of fused-ring (bicyclic) bond motifs is 3. The maximum atomic E-state index is 12.7. The van der Waals surface area contributed by atoms with Crippen molar-refractivity contribution < 1.29 is 9.53 Å². The maximum Gasteiger partial charge on any atom is 0.184 e. The lowest BCUT2D eigenvalue weighted by Crippen LogP contribution is -2.30. The zero-order valence-electron chi connectivity index (χ0n) is 10.5. The molecule has 0 radical (unpaired) electrons. The number of carbonyl (C=O) groups is 1. The Morgan fingerprint density at radius 2 is 2.05 bits per heavy atom. The van der Waals surface area contributed by atoms with Crippen LogP contribution in [-0.2, 0) is 4.74 Å². The molecule has 0 aromatic carbocycles. The first kappa shape index (κ1) is 11.1. The van der Waals surface area contributed by atoms with Gasteiger partial charge in [-0.3, -0.25) is 14.2 Å². The monoisotopic (exact) mass is 257 g/mol. The molecule has 0 saturated carbocycles. The van der Waals surface area contributed by atoms with Gasteiger partial charge in [0.15, 0.2) is 11.4 Å². The molecule has 4 heterocycles. The van der Waals surface area contributed by atoms with Gasteiger partial charge in [0.25, 0.3) is 0 Å². The SMILES string of the molecule is O=C(c1cnc2cnccn12)C1CC2CCC(C1)O2. The Hall–Kier alpha value is -1.75. The van der Waals surface area contributed by atoms with Crippen molar-refractivity contribution in [1.82, 2.24) is 14.4 Å². The maximum absolute atomic E-state index is 12.7. The van der Waals surface area contributed by atoms with Crippen LogP contribution in [0.3, 0.4) is 0 Å². The highest BCUT2D eigenvalue weighted by molar-refractivity contribution is 5.97. The minimum atomic E-state index is 0.0827. The van der Waals surface area contributed by atoms with Crippen LogP contribution in [-0.4, -0.2) is 32.4 Å². The molecule has 2 saturated heterocycles. The lowest BCUT2D eigenvalue weighted by molar-refractivity contribution is -0.0150. The fourth-order valence-corrected chi connectivity index (χ4v) is 3.31. The molecule has 5 nitrogen and oxygen atoms in total. The highest BCUT2D eigenvalue weighted by atomic mass is 16.5. The molecule has 98 valence electrons. The summed E-state index contributed by atoms with van der Waals surface area (Å²) in [6.45, 7) is 0. The van der Waals surface area contributed by atoms with Crippen molar-refractivity contribution in [2.24, 2.45) is 5.92 Å². The summed E-state index contributed by atoms with van der Waals surface area (Å²) in [5.41, 5.74) is 1.39. The number of nitrogens with zero attached hydrogens (tertiary/aromatic N) is 3. The van der Waals surface area contributed by atoms with Crippen LogP contribution in [0.2, 0.25) is 0 Å². The van der Waals surface area contributed by atoms with E-state index in [2.05, 4.69) is 9.97 Å². The number of aromatic nitrogens is 3. The quantitative estimate of drug-likeness (QED) is 0.771. The number of carbonyl (C=O) groups excluding carboxylic acids is 1. The number of Topliss-reactive ketones (excluding diaryl/α,β-unsaturated/α-hetero) is 1. The molecule has 2 unspecified atom stereocenters. The molecule has 5 heteroatoms. The van der Waals surface area contributed by atoms with Gasteiger partial charge in [-0.2, -0.15) is 0 Å². The van der Waals surface area contributed by atoms with Crippen molar-refractivity contribution >= 4 is 11.4 Å². The van der Waals surface area contributed by atoms with Crippen LogP contribution in [0.5, 0.6) is 0 Å². The average molecular weight is 257 g/mol. The van der Waals surface area contributed by atoms with Crippen LogP contribution < -0.4 is 0 Å². The second-order valence-corrected chi connectivity index (χ2v) is 5.44. The number of rotatable bonds is 2. The van der Waals surface area contributed by atoms with E-state index in [-0.39, 0.29) is 23.9 Å². The van der Waals surface area contributed by atoms with Crippen molar-refractivity contribution in [2.45, 2.75) is 37.9 Å². The summed E-state index contributed by atoms with van der Waals surface area (Å²) >= 11 is 0. The summed E-state index contributed by atoms with van der Waals surface area (Å²) in [6, 6.07) is 0. The van der Waals surface area contributed by atoms with Gasteiger partial charge in [-0.25, -0.2) is 4.98 Å². The zero-order valence-corrected chi connectivity index (χ0v) is 10.5. The molecule has 19 heavy (non-hydrogen) atoms. The first-order valence-electron chi connectivity index (χ1n) is 6.78. The van der Waals surface area contributed by atoms with E-state index in [0.717, 1.165) is 31.3 Å². The lowest BCUT2D eigenvalue weighted by Gasteiger charge is -2.27. The molecular formula is C14H15N3O2. The fourth-order valence-electron chi connectivity index (χ4n) is 3.31. The molecule has 2 aliphatic heterocycles. The Bertz CT molecular complexity index is 624. The third kappa shape index (κ3) is 1.76. The van der Waals surface area contributed by atoms with Crippen molar-refractivity contribution in [3.63, 3.8) is 0 Å². The normalized spacial score (nSPS) is 29.8. The average Bonchev–Trinajstić information content (AvgIpc) is 3.01. The molecular weight excluding hydrogens is 242 g/mol. The van der Waals surface area contributed by atoms with Crippen LogP contribution in [0.15, 0.2) is 24.8 Å². The van der Waals surface area contributed by atoms with Gasteiger partial charge >= 0.3 is 0 Å². The third-order valence-corrected chi connectivity index (χ3v) is 4.23. The zero-order chi connectivity index (χ0) is 12.8. The molecule has 0 N–H and O–H groups in total. The number of ketones is 1. The van der Waals surface area contributed by atoms with Crippen molar-refractivity contribution in [3.8, 4) is 0 Å². The molecule has 4 rings (SSSR count). The summed E-state index contributed by atoms with van der Waals surface area (Å²) in [6.07, 6.45) is 11.3. The number of imidazole rings is 1. The molecule has 0 amide bonds. The Morgan fingerprint density at radius 1 is 1.26 bits per heavy atom. The van der Waals surface area contributed by atoms with Crippen LogP contribution >= 0.6 is 0 Å². The van der Waals surface area contributed by atoms with Gasteiger partial charge in [0.05, 0.1) is 24.6 Å². The minimum Gasteiger partial charge on any atom is -0.375 e. The molecule has 0 spiro atoms. The second kappa shape index (κ2) is 4.13. The third-order valence-electron chi connectivity index (χ3n) is 4.23. The molecule has 2 aliphatic rings. The number of hydrogen-bond acceptors (Lipinski definition) is 4. The van der Waals surface area contributed by atoms with Gasteiger partial charge in [0.1, 0.15) is 5.69 Å². The summed E-state index contributed by atoms with van der Waals surface area (Å²) < 4.78 is 7.62. The van der Waals surface area contributed by atoms with E-state index in [4.69, 9.17) is 4.74 Å². The Kier molecular flexibility index (Phi) is 2.41. The van der Waals surface area contributed by atoms with Crippen molar-refractivity contribution in [2.75, 3.05) is 0 Å². The van der Waals surface area contributed by atoms with E-state index < -0.39 is 0 Å². The van der Waals surface area contributed by atoms with Gasteiger partial charge in [-0.15, -0.1) is 0 Å². The molecule has 2 atom stereocenters. The van der Waals surface area contributed by atoms with E-state index in [1.54, 1.807) is 24.8 Å². The highest BCUT2D eigenvalue weighted by Gasteiger charge is 2.38. The van der Waals surface area contributed by atoms with Crippen LogP contribution in [0.25, 0.3) is 5.65 Å². The molecule has 2 bridgehead atoms. The Labute approximate surface area is 110 Å². The Balaban J connectivity index is 1.67. The van der Waals surface area contributed by atoms with E-state index >= 15 is 0 Å². The lowest BCUT2D eigenvalue weighted by atomic mass is 9.90. The molecule has 2 aromatic heterocycles. The van der Waals surface area contributed by atoms with Gasteiger partial charge in [-0.1, -0.05) is 0 Å². The van der Waals surface area contributed by atoms with Gasteiger partial charge in [0.2, 0.25) is 0 Å². The van der Waals surface area contributed by atoms with Gasteiger partial charge in [-0.05, 0) is 25.7 Å². The first-order valence-corrected chi connectivity index (χ1v) is 6.78. The van der Waals surface area contributed by atoms with E-state index in [9.17, 15) is 4.79 Å². The minimum absolute atomic E-state index is 0.0827. The van der Waals surface area contributed by atoms with Gasteiger partial charge < -0.3 is 4.74 Å². The predicted octanol–water partition coefficient (Wildman–Crippen LogP) is 1.87. The summed E-state index contributed by atoms with van der Waals surface area (Å²) in [5.74, 6) is 0.276. The second-order valence-electron chi connectivity index (χ2n) is 5.44. The largest absolute Gasteiger partial charge is 0.375 e. The standard InChI is InChI=1S/C14H15N3O2/c18-14(9-5-10-1-2-11(6-9)19-10)12-7-16-13-8-15-3-4-17(12)13/h3-4,7-11H,1-2,5-6H2. The summed E-state index contributed by atoms with van der Waals surface area (Å²) in [4.78, 5) is 20.9. The van der Waals surface area contributed by atoms with E-state index in [0.29, 0.717) is 5.69 Å². The number of hydrogen-bond donors (Lipinski definition) is 0. The smallest absolute Gasteiger partial charge is 0.184 e. The Morgan fingerprint density at radius 3 is 2.84 bits per heavy atom. The van der Waals surface area contributed by atoms with E-state index in [1.165, 1.54) is 0 Å². The summed E-state index contributed by atoms with van der Waals surface area (Å²) in [7, 11) is 0. The van der Waals surface area contributed by atoms with E-state index in [1.807, 2.05) is 4.40 Å². The van der Waals surface area contributed by atoms with Crippen LogP contribution in [0, 0.1) is 5.92 Å². The predicted molar refractivity (Wildman–Crippen MR) is 67.9 cm³/mol. The molecule has 0 aliphatic carbocycles. The van der Waals surface area contributed by atoms with Crippen LogP contribution in [0.4, 0.5) is 0 Å². The molecule has 2 fully saturated rings. The van der Waals surface area contributed by atoms with Crippen molar-refractivity contribution in [3.05, 3.63) is 30.5 Å². The molecule has 2 aromatic rings. The van der Waals surface area contributed by atoms with Crippen molar-refractivity contribution in [1.29, 1.82) is 0 Å². The first-order chi connectivity index (χ1) is 9.31.